The summed E-state index contributed by atoms with van der Waals surface area (Å²) in [5.41, 5.74) is 0.301. The van der Waals surface area contributed by atoms with Crippen LogP contribution in [0.3, 0.4) is 0 Å². The van der Waals surface area contributed by atoms with Crippen molar-refractivity contribution in [3.05, 3.63) is 0 Å². The normalized spacial score (nSPS) is 41.8. The van der Waals surface area contributed by atoms with Crippen molar-refractivity contribution in [3.63, 3.8) is 0 Å². The Kier molecular flexibility index (Phi) is 4.53. The molecule has 2 aliphatic carbocycles. The molecule has 3 heteroatoms. The van der Waals surface area contributed by atoms with Crippen molar-refractivity contribution < 1.29 is 4.21 Å². The highest BCUT2D eigenvalue weighted by molar-refractivity contribution is 7.86. The minimum Gasteiger partial charge on any atom is -0.315 e. The second kappa shape index (κ2) is 5.62. The fraction of sp³-hybridized carbons (Fsp3) is 1.00. The van der Waals surface area contributed by atoms with E-state index in [-0.39, 0.29) is 0 Å². The summed E-state index contributed by atoms with van der Waals surface area (Å²) in [6, 6.07) is 0.426. The van der Waals surface area contributed by atoms with Crippen LogP contribution in [-0.4, -0.2) is 27.8 Å². The quantitative estimate of drug-likeness (QED) is 0.854. The van der Waals surface area contributed by atoms with Gasteiger partial charge in [-0.15, -0.1) is 0 Å². The van der Waals surface area contributed by atoms with Gasteiger partial charge >= 0.3 is 0 Å². The molecule has 0 spiro atoms. The van der Waals surface area contributed by atoms with Gasteiger partial charge in [0.1, 0.15) is 0 Å². The van der Waals surface area contributed by atoms with Gasteiger partial charge < -0.3 is 5.32 Å². The van der Waals surface area contributed by atoms with E-state index in [2.05, 4.69) is 26.1 Å². The molecule has 0 saturated heterocycles. The summed E-state index contributed by atoms with van der Waals surface area (Å²) >= 11 is 0. The van der Waals surface area contributed by atoms with E-state index in [1.165, 1.54) is 32.1 Å². The van der Waals surface area contributed by atoms with E-state index in [9.17, 15) is 4.21 Å². The molecule has 0 bridgehead atoms. The van der Waals surface area contributed by atoms with Crippen LogP contribution in [0.5, 0.6) is 0 Å². The van der Waals surface area contributed by atoms with Crippen LogP contribution < -0.4 is 5.32 Å². The van der Waals surface area contributed by atoms with E-state index >= 15 is 0 Å². The largest absolute Gasteiger partial charge is 0.315 e. The molecule has 0 aromatic rings. The molecule has 106 valence electrons. The zero-order chi connectivity index (χ0) is 13.3. The maximum absolute atomic E-state index is 12.9. The van der Waals surface area contributed by atoms with Crippen molar-refractivity contribution in [2.75, 3.05) is 7.05 Å². The standard InChI is InChI=1S/C15H29NOS/c1-11-6-5-7-12(10-11)18(17)13-8-9-15(2,3)14(13)16-4/h11-14,16H,5-10H2,1-4H3. The highest BCUT2D eigenvalue weighted by Gasteiger charge is 2.45. The van der Waals surface area contributed by atoms with Gasteiger partial charge in [-0.2, -0.15) is 0 Å². The Morgan fingerprint density at radius 1 is 1.22 bits per heavy atom. The Morgan fingerprint density at radius 2 is 1.94 bits per heavy atom. The van der Waals surface area contributed by atoms with Gasteiger partial charge in [0.25, 0.3) is 0 Å². The van der Waals surface area contributed by atoms with Crippen LogP contribution in [0.25, 0.3) is 0 Å². The summed E-state index contributed by atoms with van der Waals surface area (Å²) in [4.78, 5) is 0. The molecule has 5 atom stereocenters. The average Bonchev–Trinajstić information content (AvgIpc) is 2.63. The van der Waals surface area contributed by atoms with Crippen LogP contribution in [0.4, 0.5) is 0 Å². The molecule has 2 rings (SSSR count). The molecule has 0 amide bonds. The van der Waals surface area contributed by atoms with Crippen molar-refractivity contribution in [1.82, 2.24) is 5.32 Å². The molecule has 0 radical (unpaired) electrons. The third kappa shape index (κ3) is 2.82. The fourth-order valence-corrected chi connectivity index (χ4v) is 6.54. The predicted molar refractivity (Wildman–Crippen MR) is 79.2 cm³/mol. The van der Waals surface area contributed by atoms with Gasteiger partial charge in [-0.05, 0) is 44.1 Å². The average molecular weight is 271 g/mol. The van der Waals surface area contributed by atoms with E-state index in [1.54, 1.807) is 0 Å². The molecule has 5 unspecified atom stereocenters. The van der Waals surface area contributed by atoms with E-state index in [4.69, 9.17) is 0 Å². The minimum atomic E-state index is -0.642. The first kappa shape index (κ1) is 14.5. The van der Waals surface area contributed by atoms with Gasteiger partial charge in [-0.25, -0.2) is 0 Å². The summed E-state index contributed by atoms with van der Waals surface area (Å²) in [5, 5.41) is 4.28. The third-order valence-corrected chi connectivity index (χ3v) is 7.30. The lowest BCUT2D eigenvalue weighted by atomic mass is 9.87. The van der Waals surface area contributed by atoms with Gasteiger partial charge in [0, 0.05) is 22.1 Å². The maximum Gasteiger partial charge on any atom is 0.0509 e. The van der Waals surface area contributed by atoms with E-state index < -0.39 is 10.8 Å². The zero-order valence-electron chi connectivity index (χ0n) is 12.4. The maximum atomic E-state index is 12.9. The summed E-state index contributed by atoms with van der Waals surface area (Å²) < 4.78 is 12.9. The lowest BCUT2D eigenvalue weighted by molar-refractivity contribution is 0.298. The highest BCUT2D eigenvalue weighted by Crippen LogP contribution is 2.42. The molecular formula is C15H29NOS. The lowest BCUT2D eigenvalue weighted by Crippen LogP contribution is -2.46. The molecule has 0 heterocycles. The van der Waals surface area contributed by atoms with Gasteiger partial charge in [0.05, 0.1) is 5.25 Å². The Balaban J connectivity index is 2.04. The van der Waals surface area contributed by atoms with E-state index in [1.807, 2.05) is 7.05 Å². The first-order valence-corrected chi connectivity index (χ1v) is 8.80. The zero-order valence-corrected chi connectivity index (χ0v) is 13.2. The van der Waals surface area contributed by atoms with Crippen LogP contribution >= 0.6 is 0 Å². The topological polar surface area (TPSA) is 29.1 Å². The summed E-state index contributed by atoms with van der Waals surface area (Å²) in [6.45, 7) is 6.95. The first-order valence-electron chi connectivity index (χ1n) is 7.52. The molecule has 18 heavy (non-hydrogen) atoms. The van der Waals surface area contributed by atoms with Crippen LogP contribution in [0.1, 0.15) is 59.3 Å². The molecule has 0 aromatic heterocycles. The Morgan fingerprint density at radius 3 is 2.56 bits per heavy atom. The SMILES string of the molecule is CNC1C(S(=O)C2CCCC(C)C2)CCC1(C)C. The fourth-order valence-electron chi connectivity index (χ4n) is 4.00. The monoisotopic (exact) mass is 271 g/mol. The van der Waals surface area contributed by atoms with Crippen LogP contribution in [-0.2, 0) is 10.8 Å². The minimum absolute atomic E-state index is 0.301. The van der Waals surface area contributed by atoms with Gasteiger partial charge in [0.15, 0.2) is 0 Å². The molecule has 0 aromatic carbocycles. The molecule has 2 nitrogen and oxygen atoms in total. The number of nitrogens with one attached hydrogen (secondary N) is 1. The summed E-state index contributed by atoms with van der Waals surface area (Å²) in [5.74, 6) is 0.773. The number of hydrogen-bond donors (Lipinski definition) is 1. The smallest absolute Gasteiger partial charge is 0.0509 e. The Hall–Kier alpha value is 0.110. The highest BCUT2D eigenvalue weighted by atomic mass is 32.2. The molecular weight excluding hydrogens is 242 g/mol. The molecule has 1 N–H and O–H groups in total. The molecule has 2 saturated carbocycles. The second-order valence-electron chi connectivity index (χ2n) is 7.05. The van der Waals surface area contributed by atoms with E-state index in [0.717, 1.165) is 12.3 Å². The summed E-state index contributed by atoms with van der Waals surface area (Å²) in [6.07, 6.45) is 7.31. The number of hydrogen-bond acceptors (Lipinski definition) is 2. The first-order chi connectivity index (χ1) is 8.45. The molecule has 2 aliphatic rings. The van der Waals surface area contributed by atoms with Crippen LogP contribution in [0.2, 0.25) is 0 Å². The van der Waals surface area contributed by atoms with Crippen LogP contribution in [0, 0.1) is 11.3 Å². The van der Waals surface area contributed by atoms with Gasteiger partial charge in [-0.3, -0.25) is 4.21 Å². The number of rotatable bonds is 3. The van der Waals surface area contributed by atoms with E-state index in [0.29, 0.717) is 22.0 Å². The van der Waals surface area contributed by atoms with Crippen molar-refractivity contribution >= 4 is 10.8 Å². The lowest BCUT2D eigenvalue weighted by Gasteiger charge is -2.33. The summed E-state index contributed by atoms with van der Waals surface area (Å²) in [7, 11) is 1.39. The van der Waals surface area contributed by atoms with Gasteiger partial charge in [-0.1, -0.05) is 33.6 Å². The van der Waals surface area contributed by atoms with Crippen molar-refractivity contribution in [2.24, 2.45) is 11.3 Å². The van der Waals surface area contributed by atoms with Crippen molar-refractivity contribution in [3.8, 4) is 0 Å². The third-order valence-electron chi connectivity index (χ3n) is 5.11. The van der Waals surface area contributed by atoms with Crippen LogP contribution in [0.15, 0.2) is 0 Å². The Bertz CT molecular complexity index is 316. The molecule has 0 aliphatic heterocycles. The second-order valence-corrected chi connectivity index (χ2v) is 8.98. The van der Waals surface area contributed by atoms with Gasteiger partial charge in [0.2, 0.25) is 0 Å². The molecule has 2 fully saturated rings. The van der Waals surface area contributed by atoms with Crippen molar-refractivity contribution in [2.45, 2.75) is 75.8 Å². The predicted octanol–water partition coefficient (Wildman–Crippen LogP) is 3.09. The Labute approximate surface area is 115 Å². The van der Waals surface area contributed by atoms with Crippen molar-refractivity contribution in [1.29, 1.82) is 0 Å².